The Morgan fingerprint density at radius 3 is 2.73 bits per heavy atom. The summed E-state index contributed by atoms with van der Waals surface area (Å²) >= 11 is 2.90. The van der Waals surface area contributed by atoms with Gasteiger partial charge < -0.3 is 4.42 Å². The fourth-order valence-corrected chi connectivity index (χ4v) is 4.13. The smallest absolute Gasteiger partial charge is 0.283 e. The molecule has 26 heavy (non-hydrogen) atoms. The molecule has 0 saturated heterocycles. The van der Waals surface area contributed by atoms with Gasteiger partial charge in [-0.3, -0.25) is 15.1 Å². The highest BCUT2D eigenvalue weighted by Gasteiger charge is 2.33. The Labute approximate surface area is 159 Å². The van der Waals surface area contributed by atoms with Crippen LogP contribution in [0.15, 0.2) is 72.5 Å². The van der Waals surface area contributed by atoms with Crippen molar-refractivity contribution in [2.24, 2.45) is 4.99 Å². The summed E-state index contributed by atoms with van der Waals surface area (Å²) in [6.07, 6.45) is 3.39. The zero-order valence-corrected chi connectivity index (χ0v) is 15.8. The van der Waals surface area contributed by atoms with Gasteiger partial charge in [0.15, 0.2) is 10.3 Å². The van der Waals surface area contributed by atoms with Crippen LogP contribution in [0.2, 0.25) is 0 Å². The number of benzene rings is 1. The van der Waals surface area contributed by atoms with Crippen molar-refractivity contribution in [3.05, 3.63) is 64.4 Å². The van der Waals surface area contributed by atoms with Crippen LogP contribution in [0, 0.1) is 12.3 Å². The Morgan fingerprint density at radius 1 is 1.19 bits per heavy atom. The first-order chi connectivity index (χ1) is 12.5. The van der Waals surface area contributed by atoms with Gasteiger partial charge in [-0.05, 0) is 44.2 Å². The molecule has 130 valence electrons. The number of nitrogens with one attached hydrogen (secondary N) is 1. The van der Waals surface area contributed by atoms with Crippen LogP contribution in [-0.2, 0) is 4.79 Å². The number of amidine groups is 2. The third-order valence-corrected chi connectivity index (χ3v) is 5.65. The van der Waals surface area contributed by atoms with Crippen LogP contribution in [0.1, 0.15) is 18.2 Å². The third-order valence-electron chi connectivity index (χ3n) is 3.82. The third kappa shape index (κ3) is 3.27. The number of rotatable bonds is 3. The molecular formula is C19H15N3O2S2. The lowest BCUT2D eigenvalue weighted by molar-refractivity contribution is -0.114. The minimum absolute atomic E-state index is 0.119. The van der Waals surface area contributed by atoms with E-state index in [4.69, 9.17) is 9.83 Å². The fourth-order valence-electron chi connectivity index (χ4n) is 2.53. The Kier molecular flexibility index (Phi) is 4.34. The van der Waals surface area contributed by atoms with E-state index in [1.165, 1.54) is 29.1 Å². The van der Waals surface area contributed by atoms with E-state index in [1.54, 1.807) is 17.0 Å². The predicted octanol–water partition coefficient (Wildman–Crippen LogP) is 4.91. The molecule has 3 heterocycles. The van der Waals surface area contributed by atoms with E-state index in [9.17, 15) is 4.79 Å². The maximum Gasteiger partial charge on any atom is 0.283 e. The van der Waals surface area contributed by atoms with E-state index in [2.05, 4.69) is 17.1 Å². The van der Waals surface area contributed by atoms with Gasteiger partial charge in [-0.1, -0.05) is 41.2 Å². The lowest BCUT2D eigenvalue weighted by Crippen LogP contribution is -2.35. The molecule has 0 fully saturated rings. The molecule has 2 aliphatic rings. The normalized spacial score (nSPS) is 18.2. The van der Waals surface area contributed by atoms with Crippen LogP contribution in [0.5, 0.6) is 0 Å². The molecule has 1 aromatic carbocycles. The van der Waals surface area contributed by atoms with Gasteiger partial charge in [0.25, 0.3) is 5.91 Å². The molecule has 4 rings (SSSR count). The molecule has 0 spiro atoms. The van der Waals surface area contributed by atoms with Crippen molar-refractivity contribution in [3.8, 4) is 0 Å². The lowest BCUT2D eigenvalue weighted by Gasteiger charge is -2.21. The Morgan fingerprint density at radius 2 is 1.96 bits per heavy atom. The van der Waals surface area contributed by atoms with Crippen molar-refractivity contribution in [2.75, 3.05) is 0 Å². The van der Waals surface area contributed by atoms with E-state index < -0.39 is 5.91 Å². The number of amides is 1. The minimum atomic E-state index is -0.416. The summed E-state index contributed by atoms with van der Waals surface area (Å²) < 4.78 is 5.80. The lowest BCUT2D eigenvalue weighted by atomic mass is 10.1. The molecule has 1 N–H and O–H groups in total. The van der Waals surface area contributed by atoms with Crippen LogP contribution in [-0.4, -0.2) is 21.8 Å². The Hall–Kier alpha value is -2.51. The molecule has 0 aliphatic carbocycles. The van der Waals surface area contributed by atoms with E-state index in [-0.39, 0.29) is 11.4 Å². The van der Waals surface area contributed by atoms with Crippen molar-refractivity contribution in [1.82, 2.24) is 4.90 Å². The van der Waals surface area contributed by atoms with Gasteiger partial charge in [-0.15, -0.1) is 0 Å². The van der Waals surface area contributed by atoms with Crippen LogP contribution >= 0.6 is 23.5 Å². The summed E-state index contributed by atoms with van der Waals surface area (Å²) in [4.78, 5) is 20.0. The monoisotopic (exact) mass is 381 g/mol. The van der Waals surface area contributed by atoms with Crippen LogP contribution in [0.25, 0.3) is 6.08 Å². The minimum Gasteiger partial charge on any atom is -0.450 e. The SMILES string of the molecule is CC1=CN2C(=N)C(=Cc3ccc(Sc4ccc(C)cc4)o3)C(=O)N=C2S1. The molecule has 7 heteroatoms. The van der Waals surface area contributed by atoms with E-state index in [0.717, 1.165) is 14.9 Å². The maximum atomic E-state index is 12.3. The van der Waals surface area contributed by atoms with Crippen molar-refractivity contribution in [1.29, 1.82) is 5.41 Å². The highest BCUT2D eigenvalue weighted by Crippen LogP contribution is 2.33. The zero-order valence-electron chi connectivity index (χ0n) is 14.1. The number of aliphatic imine (C=N–C) groups is 1. The molecule has 0 bridgehead atoms. The molecule has 2 aromatic rings. The van der Waals surface area contributed by atoms with Gasteiger partial charge >= 0.3 is 0 Å². The van der Waals surface area contributed by atoms with Gasteiger partial charge in [0, 0.05) is 16.0 Å². The Balaban J connectivity index is 1.57. The van der Waals surface area contributed by atoms with E-state index >= 15 is 0 Å². The number of furan rings is 1. The standard InChI is InChI=1S/C19H15N3O2S2/c1-11-3-6-14(7-4-11)26-16-8-5-13(24-16)9-15-17(20)22-10-12(2)25-19(22)21-18(15)23/h3-10,20H,1-2H3. The first kappa shape index (κ1) is 16.9. The second kappa shape index (κ2) is 6.66. The molecule has 2 aliphatic heterocycles. The number of carbonyl (C=O) groups excluding carboxylic acids is 1. The quantitative estimate of drug-likeness (QED) is 0.765. The molecule has 0 atom stereocenters. The van der Waals surface area contributed by atoms with Crippen LogP contribution in [0.3, 0.4) is 0 Å². The summed E-state index contributed by atoms with van der Waals surface area (Å²) in [6.45, 7) is 3.97. The molecule has 0 radical (unpaired) electrons. The topological polar surface area (TPSA) is 69.7 Å². The molecule has 0 unspecified atom stereocenters. The van der Waals surface area contributed by atoms with Crippen LogP contribution < -0.4 is 0 Å². The Bertz CT molecular complexity index is 1000. The van der Waals surface area contributed by atoms with Gasteiger partial charge in [-0.25, -0.2) is 0 Å². The number of hydrogen-bond donors (Lipinski definition) is 1. The number of nitrogens with zero attached hydrogens (tertiary/aromatic N) is 2. The summed E-state index contributed by atoms with van der Waals surface area (Å²) in [5, 5.41) is 9.56. The van der Waals surface area contributed by atoms with Gasteiger partial charge in [0.1, 0.15) is 11.6 Å². The summed E-state index contributed by atoms with van der Waals surface area (Å²) in [6, 6.07) is 11.8. The molecule has 5 nitrogen and oxygen atoms in total. The van der Waals surface area contributed by atoms with Crippen molar-refractivity contribution < 1.29 is 9.21 Å². The second-order valence-electron chi connectivity index (χ2n) is 5.89. The summed E-state index contributed by atoms with van der Waals surface area (Å²) in [5.41, 5.74) is 1.43. The van der Waals surface area contributed by atoms with Gasteiger partial charge in [-0.2, -0.15) is 4.99 Å². The molecule has 1 amide bonds. The number of allylic oxidation sites excluding steroid dienone is 1. The van der Waals surface area contributed by atoms with Gasteiger partial charge in [0.05, 0.1) is 5.57 Å². The van der Waals surface area contributed by atoms with Gasteiger partial charge in [0.2, 0.25) is 0 Å². The van der Waals surface area contributed by atoms with Crippen LogP contribution in [0.4, 0.5) is 0 Å². The number of thioether (sulfide) groups is 1. The van der Waals surface area contributed by atoms with E-state index in [1.807, 2.05) is 38.2 Å². The number of aryl methyl sites for hydroxylation is 1. The highest BCUT2D eigenvalue weighted by atomic mass is 32.2. The summed E-state index contributed by atoms with van der Waals surface area (Å²) in [7, 11) is 0. The first-order valence-electron chi connectivity index (χ1n) is 7.93. The van der Waals surface area contributed by atoms with Crippen molar-refractivity contribution in [3.63, 3.8) is 0 Å². The molecule has 1 aromatic heterocycles. The molecular weight excluding hydrogens is 366 g/mol. The van der Waals surface area contributed by atoms with Crippen molar-refractivity contribution in [2.45, 2.75) is 23.8 Å². The predicted molar refractivity (Wildman–Crippen MR) is 105 cm³/mol. The first-order valence-corrected chi connectivity index (χ1v) is 9.56. The maximum absolute atomic E-state index is 12.3. The number of fused-ring (bicyclic) bond motifs is 1. The largest absolute Gasteiger partial charge is 0.450 e. The summed E-state index contributed by atoms with van der Waals surface area (Å²) in [5.74, 6) is 0.230. The number of carbonyl (C=O) groups is 1. The zero-order chi connectivity index (χ0) is 18.3. The average molecular weight is 381 g/mol. The molecule has 0 saturated carbocycles. The van der Waals surface area contributed by atoms with Crippen molar-refractivity contribution >= 4 is 46.5 Å². The second-order valence-corrected chi connectivity index (χ2v) is 8.18. The fraction of sp³-hybridized carbons (Fsp3) is 0.105. The van der Waals surface area contributed by atoms with E-state index in [0.29, 0.717) is 10.9 Å². The average Bonchev–Trinajstić information content (AvgIpc) is 3.19. The number of hydrogen-bond acceptors (Lipinski definition) is 5. The highest BCUT2D eigenvalue weighted by molar-refractivity contribution is 8.17.